The number of hydrogen-bond donors (Lipinski definition) is 1. The zero-order valence-electron chi connectivity index (χ0n) is 13.5. The van der Waals surface area contributed by atoms with Crippen LogP contribution < -0.4 is 5.32 Å². The number of hydrogen-bond acceptors (Lipinski definition) is 4. The highest BCUT2D eigenvalue weighted by atomic mass is 16.5. The monoisotopic (exact) mass is 284 g/mol. The van der Waals surface area contributed by atoms with E-state index in [1.165, 1.54) is 38.8 Å². The van der Waals surface area contributed by atoms with Crippen molar-refractivity contribution in [2.24, 2.45) is 5.41 Å². The Hall–Kier alpha value is -0.160. The molecule has 118 valence electrons. The van der Waals surface area contributed by atoms with Crippen LogP contribution in [-0.4, -0.2) is 63.5 Å². The molecule has 2 rings (SSSR count). The first-order valence-corrected chi connectivity index (χ1v) is 8.20. The van der Waals surface area contributed by atoms with Crippen LogP contribution in [0.2, 0.25) is 0 Å². The summed E-state index contributed by atoms with van der Waals surface area (Å²) in [7, 11) is 1.85. The minimum atomic E-state index is 0.387. The number of likely N-dealkylation sites (tertiary alicyclic amines) is 1. The van der Waals surface area contributed by atoms with E-state index in [9.17, 15) is 0 Å². The van der Waals surface area contributed by atoms with Crippen molar-refractivity contribution in [2.75, 3.05) is 46.5 Å². The highest BCUT2D eigenvalue weighted by Gasteiger charge is 2.35. The van der Waals surface area contributed by atoms with Crippen LogP contribution in [0.4, 0.5) is 0 Å². The fourth-order valence-electron chi connectivity index (χ4n) is 3.44. The third kappa shape index (κ3) is 4.69. The molecule has 0 spiro atoms. The molecular weight excluding hydrogens is 252 g/mol. The molecule has 0 aromatic carbocycles. The Bertz CT molecular complexity index is 278. The molecular formula is C16H32N2O2. The molecule has 2 aliphatic rings. The van der Waals surface area contributed by atoms with Gasteiger partial charge in [0.25, 0.3) is 0 Å². The molecule has 2 heterocycles. The number of piperidine rings is 1. The molecule has 0 aliphatic carbocycles. The molecule has 0 aromatic heterocycles. The number of methoxy groups -OCH3 is 1. The van der Waals surface area contributed by atoms with E-state index in [1.807, 2.05) is 7.11 Å². The maximum absolute atomic E-state index is 5.59. The molecule has 2 saturated heterocycles. The molecule has 0 saturated carbocycles. The van der Waals surface area contributed by atoms with Crippen molar-refractivity contribution in [3.63, 3.8) is 0 Å². The molecule has 1 atom stereocenters. The van der Waals surface area contributed by atoms with E-state index in [1.54, 1.807) is 0 Å². The topological polar surface area (TPSA) is 33.7 Å². The van der Waals surface area contributed by atoms with Crippen molar-refractivity contribution < 1.29 is 9.47 Å². The summed E-state index contributed by atoms with van der Waals surface area (Å²) in [5.41, 5.74) is 0.387. The average molecular weight is 284 g/mol. The van der Waals surface area contributed by atoms with Gasteiger partial charge >= 0.3 is 0 Å². The molecule has 2 fully saturated rings. The number of rotatable bonds is 6. The smallest absolute Gasteiger partial charge is 0.0698 e. The van der Waals surface area contributed by atoms with Crippen molar-refractivity contribution in [1.82, 2.24) is 10.2 Å². The van der Waals surface area contributed by atoms with Gasteiger partial charge in [0.05, 0.1) is 6.10 Å². The number of ether oxygens (including phenoxy) is 2. The fourth-order valence-corrected chi connectivity index (χ4v) is 3.44. The summed E-state index contributed by atoms with van der Waals surface area (Å²) in [6.45, 7) is 10.9. The SMILES string of the molecule is COC1CCCN(CC2(CNC(C)C)CCOCC2)C1. The van der Waals surface area contributed by atoms with Gasteiger partial charge in [0.15, 0.2) is 0 Å². The summed E-state index contributed by atoms with van der Waals surface area (Å²) in [4.78, 5) is 2.62. The van der Waals surface area contributed by atoms with Gasteiger partial charge in [-0.3, -0.25) is 0 Å². The predicted molar refractivity (Wildman–Crippen MR) is 82.1 cm³/mol. The maximum atomic E-state index is 5.59. The summed E-state index contributed by atoms with van der Waals surface area (Å²) in [6.07, 6.45) is 5.27. The van der Waals surface area contributed by atoms with Crippen molar-refractivity contribution in [1.29, 1.82) is 0 Å². The van der Waals surface area contributed by atoms with Crippen molar-refractivity contribution in [3.8, 4) is 0 Å². The molecule has 0 radical (unpaired) electrons. The molecule has 20 heavy (non-hydrogen) atoms. The second-order valence-corrected chi connectivity index (χ2v) is 6.88. The van der Waals surface area contributed by atoms with Crippen LogP contribution in [0, 0.1) is 5.41 Å². The summed E-state index contributed by atoms with van der Waals surface area (Å²) in [6, 6.07) is 0.558. The standard InChI is InChI=1S/C16H32N2O2/c1-14(2)17-12-16(6-9-20-10-7-16)13-18-8-4-5-15(11-18)19-3/h14-15,17H,4-13H2,1-3H3. The van der Waals surface area contributed by atoms with E-state index in [0.717, 1.165) is 26.3 Å². The summed E-state index contributed by atoms with van der Waals surface area (Å²) in [5.74, 6) is 0. The first-order valence-electron chi connectivity index (χ1n) is 8.20. The fraction of sp³-hybridized carbons (Fsp3) is 1.00. The zero-order valence-corrected chi connectivity index (χ0v) is 13.5. The largest absolute Gasteiger partial charge is 0.381 e. The van der Waals surface area contributed by atoms with Gasteiger partial charge in [-0.25, -0.2) is 0 Å². The second-order valence-electron chi connectivity index (χ2n) is 6.88. The van der Waals surface area contributed by atoms with Crippen LogP contribution in [0.15, 0.2) is 0 Å². The Labute approximate surface area is 124 Å². The van der Waals surface area contributed by atoms with E-state index in [4.69, 9.17) is 9.47 Å². The first kappa shape index (κ1) is 16.2. The lowest BCUT2D eigenvalue weighted by atomic mass is 9.79. The summed E-state index contributed by atoms with van der Waals surface area (Å²) < 4.78 is 11.2. The Morgan fingerprint density at radius 1 is 1.35 bits per heavy atom. The zero-order chi connectivity index (χ0) is 14.4. The third-order valence-electron chi connectivity index (χ3n) is 4.79. The lowest BCUT2D eigenvalue weighted by Gasteiger charge is -2.43. The van der Waals surface area contributed by atoms with Crippen LogP contribution in [0.3, 0.4) is 0 Å². The van der Waals surface area contributed by atoms with E-state index < -0.39 is 0 Å². The Morgan fingerprint density at radius 3 is 2.75 bits per heavy atom. The molecule has 0 bridgehead atoms. The van der Waals surface area contributed by atoms with Gasteiger partial charge in [0.1, 0.15) is 0 Å². The van der Waals surface area contributed by atoms with Gasteiger partial charge in [0.2, 0.25) is 0 Å². The van der Waals surface area contributed by atoms with Crippen molar-refractivity contribution in [2.45, 2.75) is 51.7 Å². The van der Waals surface area contributed by atoms with Gasteiger partial charge in [-0.05, 0) is 37.6 Å². The Kier molecular flexibility index (Phi) is 6.27. The molecule has 4 heteroatoms. The minimum absolute atomic E-state index is 0.387. The Balaban J connectivity index is 1.92. The lowest BCUT2D eigenvalue weighted by Crippen LogP contribution is -2.51. The lowest BCUT2D eigenvalue weighted by molar-refractivity contribution is -0.0278. The maximum Gasteiger partial charge on any atom is 0.0698 e. The van der Waals surface area contributed by atoms with Gasteiger partial charge < -0.3 is 19.7 Å². The van der Waals surface area contributed by atoms with E-state index in [-0.39, 0.29) is 0 Å². The Morgan fingerprint density at radius 2 is 2.10 bits per heavy atom. The van der Waals surface area contributed by atoms with Gasteiger partial charge in [0, 0.05) is 46.0 Å². The van der Waals surface area contributed by atoms with Crippen LogP contribution >= 0.6 is 0 Å². The highest BCUT2D eigenvalue weighted by molar-refractivity contribution is 4.89. The second kappa shape index (κ2) is 7.74. The van der Waals surface area contributed by atoms with Crippen LogP contribution in [0.25, 0.3) is 0 Å². The van der Waals surface area contributed by atoms with E-state index in [0.29, 0.717) is 17.6 Å². The van der Waals surface area contributed by atoms with Crippen LogP contribution in [0.1, 0.15) is 39.5 Å². The molecule has 1 unspecified atom stereocenters. The molecule has 2 aliphatic heterocycles. The van der Waals surface area contributed by atoms with E-state index >= 15 is 0 Å². The predicted octanol–water partition coefficient (Wildman–Crippen LogP) is 1.89. The molecule has 0 amide bonds. The average Bonchev–Trinajstić information content (AvgIpc) is 2.46. The third-order valence-corrected chi connectivity index (χ3v) is 4.79. The quantitative estimate of drug-likeness (QED) is 0.807. The molecule has 1 N–H and O–H groups in total. The minimum Gasteiger partial charge on any atom is -0.381 e. The molecule has 4 nitrogen and oxygen atoms in total. The molecule has 0 aromatic rings. The van der Waals surface area contributed by atoms with Crippen LogP contribution in [-0.2, 0) is 9.47 Å². The van der Waals surface area contributed by atoms with Gasteiger partial charge in [-0.2, -0.15) is 0 Å². The van der Waals surface area contributed by atoms with Crippen LogP contribution in [0.5, 0.6) is 0 Å². The van der Waals surface area contributed by atoms with Crippen molar-refractivity contribution >= 4 is 0 Å². The summed E-state index contributed by atoms with van der Waals surface area (Å²) >= 11 is 0. The highest BCUT2D eigenvalue weighted by Crippen LogP contribution is 2.32. The van der Waals surface area contributed by atoms with E-state index in [2.05, 4.69) is 24.1 Å². The normalized spacial score (nSPS) is 27.9. The van der Waals surface area contributed by atoms with Gasteiger partial charge in [-0.15, -0.1) is 0 Å². The number of nitrogens with zero attached hydrogens (tertiary/aromatic N) is 1. The van der Waals surface area contributed by atoms with Crippen molar-refractivity contribution in [3.05, 3.63) is 0 Å². The number of nitrogens with one attached hydrogen (secondary N) is 1. The van der Waals surface area contributed by atoms with Gasteiger partial charge in [-0.1, -0.05) is 13.8 Å². The summed E-state index contributed by atoms with van der Waals surface area (Å²) in [5, 5.41) is 3.66. The first-order chi connectivity index (χ1) is 9.63.